The van der Waals surface area contributed by atoms with E-state index in [2.05, 4.69) is 15.1 Å². The number of aromatic nitrogens is 1. The molecule has 7 heteroatoms. The van der Waals surface area contributed by atoms with Crippen LogP contribution in [0.4, 0.5) is 5.13 Å². The van der Waals surface area contributed by atoms with Gasteiger partial charge in [-0.1, -0.05) is 29.9 Å². The number of nitrogens with zero attached hydrogens (tertiary/aromatic N) is 1. The molecule has 0 saturated carbocycles. The quantitative estimate of drug-likeness (QED) is 0.944. The Kier molecular flexibility index (Phi) is 3.89. The normalized spacial score (nSPS) is 11.4. The summed E-state index contributed by atoms with van der Waals surface area (Å²) < 4.78 is 26.4. The second-order valence-corrected chi connectivity index (χ2v) is 6.39. The number of aryl methyl sites for hydroxylation is 1. The molecule has 0 unspecified atom stereocenters. The highest BCUT2D eigenvalue weighted by atomic mass is 35.5. The first-order valence-electron chi connectivity index (χ1n) is 5.17. The number of halogens is 1. The third-order valence-corrected chi connectivity index (χ3v) is 4.64. The van der Waals surface area contributed by atoms with Crippen molar-refractivity contribution < 1.29 is 8.42 Å². The molecule has 1 heterocycles. The van der Waals surface area contributed by atoms with E-state index in [1.807, 2.05) is 6.92 Å². The van der Waals surface area contributed by atoms with Gasteiger partial charge in [0.05, 0.1) is 16.0 Å². The highest BCUT2D eigenvalue weighted by Crippen LogP contribution is 2.20. The summed E-state index contributed by atoms with van der Waals surface area (Å²) in [6, 6.07) is 5.95. The van der Waals surface area contributed by atoms with E-state index in [1.54, 1.807) is 0 Å². The molecule has 2 aromatic rings. The molecule has 1 radical (unpaired) electrons. The zero-order valence-electron chi connectivity index (χ0n) is 9.47. The Hall–Kier alpha value is -1.11. The van der Waals surface area contributed by atoms with Crippen LogP contribution in [0.25, 0.3) is 0 Å². The predicted molar refractivity (Wildman–Crippen MR) is 72.6 cm³/mol. The number of sulfonamides is 1. The van der Waals surface area contributed by atoms with Gasteiger partial charge in [0.25, 0.3) is 10.0 Å². The number of benzene rings is 1. The molecule has 0 saturated heterocycles. The summed E-state index contributed by atoms with van der Waals surface area (Å²) in [5.74, 6) is 0. The van der Waals surface area contributed by atoms with E-state index in [-0.39, 0.29) is 4.90 Å². The maximum Gasteiger partial charge on any atom is 0.263 e. The number of hydrogen-bond donors (Lipinski definition) is 1. The number of rotatable bonds is 4. The Balaban J connectivity index is 2.24. The standard InChI is InChI=1S/C11H10ClN2O2S2/c1-2-9-7-17-11(13-9)14-18(15,16)10-5-3-8(12)4-6-10/h3-6H,2H2,1H3,(H,13,14). The molecule has 2 rings (SSSR count). The molecule has 1 aromatic heterocycles. The monoisotopic (exact) mass is 301 g/mol. The molecule has 95 valence electrons. The summed E-state index contributed by atoms with van der Waals surface area (Å²) in [6.07, 6.45) is 0.721. The average molecular weight is 302 g/mol. The second kappa shape index (κ2) is 5.26. The lowest BCUT2D eigenvalue weighted by atomic mass is 10.4. The minimum atomic E-state index is -3.61. The van der Waals surface area contributed by atoms with Gasteiger partial charge in [0.1, 0.15) is 0 Å². The van der Waals surface area contributed by atoms with Crippen LogP contribution >= 0.6 is 22.9 Å². The van der Waals surface area contributed by atoms with Crippen LogP contribution < -0.4 is 4.72 Å². The Bertz CT molecular complexity index is 635. The Morgan fingerprint density at radius 3 is 2.61 bits per heavy atom. The number of anilines is 1. The molecule has 18 heavy (non-hydrogen) atoms. The van der Waals surface area contributed by atoms with Gasteiger partial charge in [0.15, 0.2) is 5.13 Å². The van der Waals surface area contributed by atoms with Crippen LogP contribution in [-0.4, -0.2) is 13.4 Å². The minimum absolute atomic E-state index is 0.153. The Morgan fingerprint density at radius 1 is 1.39 bits per heavy atom. The van der Waals surface area contributed by atoms with E-state index in [0.29, 0.717) is 10.2 Å². The molecule has 0 atom stereocenters. The maximum absolute atomic E-state index is 12.0. The maximum atomic E-state index is 12.0. The van der Waals surface area contributed by atoms with Gasteiger partial charge in [-0.05, 0) is 30.7 Å². The van der Waals surface area contributed by atoms with Crippen molar-refractivity contribution in [1.82, 2.24) is 4.98 Å². The fraction of sp³-hybridized carbons (Fsp3) is 0.182. The minimum Gasteiger partial charge on any atom is -0.255 e. The van der Waals surface area contributed by atoms with Crippen molar-refractivity contribution >= 4 is 38.1 Å². The van der Waals surface area contributed by atoms with E-state index >= 15 is 0 Å². The molecule has 1 N–H and O–H groups in total. The molecule has 0 fully saturated rings. The molecule has 0 aliphatic rings. The predicted octanol–water partition coefficient (Wildman–Crippen LogP) is 2.96. The molecule has 4 nitrogen and oxygen atoms in total. The van der Waals surface area contributed by atoms with Crippen LogP contribution in [-0.2, 0) is 16.4 Å². The van der Waals surface area contributed by atoms with Gasteiger partial charge < -0.3 is 0 Å². The Labute approximate surface area is 115 Å². The zero-order chi connectivity index (χ0) is 13.2. The van der Waals surface area contributed by atoms with Crippen molar-refractivity contribution in [1.29, 1.82) is 0 Å². The van der Waals surface area contributed by atoms with Gasteiger partial charge >= 0.3 is 0 Å². The van der Waals surface area contributed by atoms with Crippen molar-refractivity contribution in [3.63, 3.8) is 0 Å². The summed E-state index contributed by atoms with van der Waals surface area (Å²) in [6.45, 7) is 1.93. The summed E-state index contributed by atoms with van der Waals surface area (Å²) >= 11 is 6.86. The molecule has 0 amide bonds. The molecule has 0 bridgehead atoms. The van der Waals surface area contributed by atoms with E-state index in [9.17, 15) is 8.42 Å². The zero-order valence-corrected chi connectivity index (χ0v) is 11.9. The fourth-order valence-electron chi connectivity index (χ4n) is 1.26. The second-order valence-electron chi connectivity index (χ2n) is 3.48. The lowest BCUT2D eigenvalue weighted by molar-refractivity contribution is 0.601. The van der Waals surface area contributed by atoms with Crippen molar-refractivity contribution in [2.45, 2.75) is 18.2 Å². The summed E-state index contributed by atoms with van der Waals surface area (Å²) in [5, 5.41) is 3.73. The van der Waals surface area contributed by atoms with E-state index in [0.717, 1.165) is 23.5 Å². The first kappa shape index (κ1) is 13.3. The van der Waals surface area contributed by atoms with Crippen LogP contribution in [0.2, 0.25) is 5.02 Å². The lowest BCUT2D eigenvalue weighted by Crippen LogP contribution is -2.12. The molecule has 0 aliphatic heterocycles. The number of hydrogen-bond acceptors (Lipinski definition) is 4. The molecule has 0 spiro atoms. The summed E-state index contributed by atoms with van der Waals surface area (Å²) in [4.78, 5) is 4.26. The third-order valence-electron chi connectivity index (χ3n) is 2.18. The fourth-order valence-corrected chi connectivity index (χ4v) is 3.33. The number of thiazole rings is 1. The van der Waals surface area contributed by atoms with Crippen molar-refractivity contribution in [3.8, 4) is 0 Å². The average Bonchev–Trinajstić information content (AvgIpc) is 2.76. The van der Waals surface area contributed by atoms with Crippen LogP contribution in [0.5, 0.6) is 0 Å². The topological polar surface area (TPSA) is 59.1 Å². The van der Waals surface area contributed by atoms with Gasteiger partial charge in [-0.2, -0.15) is 0 Å². The van der Waals surface area contributed by atoms with Crippen molar-refractivity contribution in [2.75, 3.05) is 4.72 Å². The summed E-state index contributed by atoms with van der Waals surface area (Å²) in [5.41, 5.74) is 0.744. The van der Waals surface area contributed by atoms with Gasteiger partial charge in [-0.3, -0.25) is 4.72 Å². The molecule has 0 aliphatic carbocycles. The van der Waals surface area contributed by atoms with Gasteiger partial charge in [0.2, 0.25) is 0 Å². The third kappa shape index (κ3) is 3.01. The molecular formula is C11H10ClN2O2S2. The van der Waals surface area contributed by atoms with Crippen LogP contribution in [0.15, 0.2) is 29.2 Å². The highest BCUT2D eigenvalue weighted by molar-refractivity contribution is 7.93. The lowest BCUT2D eigenvalue weighted by Gasteiger charge is -2.04. The van der Waals surface area contributed by atoms with Crippen LogP contribution in [0.1, 0.15) is 12.6 Å². The summed E-state index contributed by atoms with van der Waals surface area (Å²) in [7, 11) is -3.61. The largest absolute Gasteiger partial charge is 0.263 e. The molecule has 1 aromatic carbocycles. The van der Waals surface area contributed by atoms with E-state index in [1.165, 1.54) is 24.3 Å². The van der Waals surface area contributed by atoms with Gasteiger partial charge in [-0.25, -0.2) is 13.4 Å². The highest BCUT2D eigenvalue weighted by Gasteiger charge is 2.15. The molecular weight excluding hydrogens is 292 g/mol. The van der Waals surface area contributed by atoms with Gasteiger partial charge in [0, 0.05) is 5.02 Å². The van der Waals surface area contributed by atoms with Crippen LogP contribution in [0, 0.1) is 5.38 Å². The number of nitrogens with one attached hydrogen (secondary N) is 1. The van der Waals surface area contributed by atoms with Crippen molar-refractivity contribution in [2.24, 2.45) is 0 Å². The van der Waals surface area contributed by atoms with Crippen LogP contribution in [0.3, 0.4) is 0 Å². The van der Waals surface area contributed by atoms with E-state index in [4.69, 9.17) is 11.6 Å². The smallest absolute Gasteiger partial charge is 0.255 e. The van der Waals surface area contributed by atoms with Gasteiger partial charge in [-0.15, -0.1) is 0 Å². The first-order chi connectivity index (χ1) is 8.51. The van der Waals surface area contributed by atoms with Crippen molar-refractivity contribution in [3.05, 3.63) is 40.4 Å². The Morgan fingerprint density at radius 2 is 2.06 bits per heavy atom. The van der Waals surface area contributed by atoms with E-state index < -0.39 is 10.0 Å². The SMILES string of the molecule is CCc1[c]sc(NS(=O)(=O)c2ccc(Cl)cc2)n1. The first-order valence-corrected chi connectivity index (χ1v) is 7.85.